The van der Waals surface area contributed by atoms with Crippen molar-refractivity contribution >= 4 is 6.03 Å². The van der Waals surface area contributed by atoms with Crippen LogP contribution in [0.25, 0.3) is 0 Å². The third-order valence-electron chi connectivity index (χ3n) is 4.35. The summed E-state index contributed by atoms with van der Waals surface area (Å²) in [6, 6.07) is 9.81. The van der Waals surface area contributed by atoms with Gasteiger partial charge in [0.15, 0.2) is 0 Å². The number of nitriles is 1. The van der Waals surface area contributed by atoms with Crippen molar-refractivity contribution in [2.24, 2.45) is 0 Å². The molecule has 1 fully saturated rings. The molecule has 7 heteroatoms. The van der Waals surface area contributed by atoms with Crippen LogP contribution < -0.4 is 5.32 Å². The molecule has 0 aliphatic carbocycles. The van der Waals surface area contributed by atoms with Gasteiger partial charge in [0, 0.05) is 58.2 Å². The van der Waals surface area contributed by atoms with E-state index in [0.29, 0.717) is 12.1 Å². The number of aromatic nitrogens is 2. The Morgan fingerprint density at radius 2 is 1.96 bits per heavy atom. The Morgan fingerprint density at radius 1 is 1.20 bits per heavy atom. The molecule has 1 aliphatic rings. The van der Waals surface area contributed by atoms with Gasteiger partial charge in [-0.15, -0.1) is 0 Å². The lowest BCUT2D eigenvalue weighted by Crippen LogP contribution is -2.51. The molecule has 7 nitrogen and oxygen atoms in total. The Kier molecular flexibility index (Phi) is 5.65. The average Bonchev–Trinajstić information content (AvgIpc) is 3.16. The molecule has 2 amide bonds. The lowest BCUT2D eigenvalue weighted by molar-refractivity contribution is 0.135. The molecule has 1 aliphatic heterocycles. The number of hydrogen-bond donors (Lipinski definition) is 1. The maximum absolute atomic E-state index is 12.2. The third kappa shape index (κ3) is 4.81. The Balaban J connectivity index is 1.38. The number of nitrogens with one attached hydrogen (secondary N) is 1. The summed E-state index contributed by atoms with van der Waals surface area (Å²) in [5.74, 6) is 0. The average molecular weight is 338 g/mol. The van der Waals surface area contributed by atoms with Crippen LogP contribution in [0.1, 0.15) is 11.1 Å². The van der Waals surface area contributed by atoms with Gasteiger partial charge in [-0.25, -0.2) is 9.78 Å². The molecule has 0 spiro atoms. The number of benzene rings is 1. The number of imidazole rings is 1. The highest BCUT2D eigenvalue weighted by atomic mass is 16.2. The molecule has 0 bridgehead atoms. The molecule has 0 unspecified atom stereocenters. The number of carbonyl (C=O) groups excluding carboxylic acids is 1. The van der Waals surface area contributed by atoms with Crippen molar-refractivity contribution in [3.63, 3.8) is 0 Å². The van der Waals surface area contributed by atoms with Gasteiger partial charge < -0.3 is 14.8 Å². The summed E-state index contributed by atoms with van der Waals surface area (Å²) in [5, 5.41) is 11.8. The van der Waals surface area contributed by atoms with Crippen molar-refractivity contribution in [3.05, 3.63) is 54.1 Å². The molecular weight excluding hydrogens is 316 g/mol. The van der Waals surface area contributed by atoms with Crippen molar-refractivity contribution in [1.82, 2.24) is 24.7 Å². The highest BCUT2D eigenvalue weighted by molar-refractivity contribution is 5.74. The van der Waals surface area contributed by atoms with Crippen molar-refractivity contribution in [1.29, 1.82) is 5.26 Å². The number of nitrogens with zero attached hydrogens (tertiary/aromatic N) is 5. The molecule has 1 aromatic heterocycles. The van der Waals surface area contributed by atoms with Crippen LogP contribution in [0, 0.1) is 11.3 Å². The molecule has 0 saturated carbocycles. The van der Waals surface area contributed by atoms with Gasteiger partial charge in [-0.05, 0) is 17.7 Å². The van der Waals surface area contributed by atoms with E-state index in [2.05, 4.69) is 21.3 Å². The number of piperazine rings is 1. The minimum Gasteiger partial charge on any atom is -0.336 e. The Hall–Kier alpha value is -2.85. The van der Waals surface area contributed by atoms with Crippen LogP contribution in [0.5, 0.6) is 0 Å². The predicted octanol–water partition coefficient (Wildman–Crippen LogP) is 1.28. The normalized spacial score (nSPS) is 14.9. The van der Waals surface area contributed by atoms with Gasteiger partial charge in [0.1, 0.15) is 0 Å². The molecule has 0 radical (unpaired) electrons. The molecule has 130 valence electrons. The zero-order chi connectivity index (χ0) is 17.5. The van der Waals surface area contributed by atoms with Gasteiger partial charge in [-0.2, -0.15) is 5.26 Å². The van der Waals surface area contributed by atoms with E-state index in [1.54, 1.807) is 12.5 Å². The maximum atomic E-state index is 12.2. The highest BCUT2D eigenvalue weighted by Crippen LogP contribution is 2.10. The van der Waals surface area contributed by atoms with Gasteiger partial charge in [0.25, 0.3) is 0 Å². The quantitative estimate of drug-likeness (QED) is 0.891. The number of amides is 2. The molecule has 1 aromatic carbocycles. The first-order valence-electron chi connectivity index (χ1n) is 8.44. The van der Waals surface area contributed by atoms with Crippen LogP contribution in [0.4, 0.5) is 4.79 Å². The summed E-state index contributed by atoms with van der Waals surface area (Å²) in [4.78, 5) is 20.4. The summed E-state index contributed by atoms with van der Waals surface area (Å²) in [5.41, 5.74) is 1.87. The molecule has 1 saturated heterocycles. The minimum absolute atomic E-state index is 0.00172. The van der Waals surface area contributed by atoms with E-state index in [4.69, 9.17) is 5.26 Å². The lowest BCUT2D eigenvalue weighted by Gasteiger charge is -2.34. The molecule has 25 heavy (non-hydrogen) atoms. The molecule has 2 heterocycles. The summed E-state index contributed by atoms with van der Waals surface area (Å²) in [6.45, 7) is 5.34. The third-order valence-corrected chi connectivity index (χ3v) is 4.35. The van der Waals surface area contributed by atoms with Gasteiger partial charge in [0.05, 0.1) is 18.0 Å². The second-order valence-corrected chi connectivity index (χ2v) is 6.10. The summed E-state index contributed by atoms with van der Waals surface area (Å²) in [6.07, 6.45) is 5.36. The van der Waals surface area contributed by atoms with Crippen LogP contribution in [0.3, 0.4) is 0 Å². The van der Waals surface area contributed by atoms with E-state index in [1.807, 2.05) is 39.9 Å². The van der Waals surface area contributed by atoms with Gasteiger partial charge in [0.2, 0.25) is 0 Å². The standard InChI is InChI=1S/C18H22N6O/c19-13-16-1-3-17(4-2-16)14-22-9-11-24(12-10-22)18(25)21-6-8-23-7-5-20-15-23/h1-5,7,15H,6,8-12,14H2,(H,21,25). The number of carbonyl (C=O) groups is 1. The van der Waals surface area contributed by atoms with E-state index in [-0.39, 0.29) is 6.03 Å². The minimum atomic E-state index is -0.00172. The predicted molar refractivity (Wildman–Crippen MR) is 93.6 cm³/mol. The van der Waals surface area contributed by atoms with Crippen LogP contribution in [-0.2, 0) is 13.1 Å². The highest BCUT2D eigenvalue weighted by Gasteiger charge is 2.20. The second kappa shape index (κ2) is 8.31. The monoisotopic (exact) mass is 338 g/mol. The Morgan fingerprint density at radius 3 is 2.60 bits per heavy atom. The number of rotatable bonds is 5. The molecule has 2 aromatic rings. The SMILES string of the molecule is N#Cc1ccc(CN2CCN(C(=O)NCCn3ccnc3)CC2)cc1. The molecular formula is C18H22N6O. The van der Waals surface area contributed by atoms with Crippen LogP contribution >= 0.6 is 0 Å². The number of hydrogen-bond acceptors (Lipinski definition) is 4. The fourth-order valence-corrected chi connectivity index (χ4v) is 2.87. The first-order chi connectivity index (χ1) is 12.2. The zero-order valence-electron chi connectivity index (χ0n) is 14.1. The summed E-state index contributed by atoms with van der Waals surface area (Å²) in [7, 11) is 0. The van der Waals surface area contributed by atoms with E-state index < -0.39 is 0 Å². The number of urea groups is 1. The van der Waals surface area contributed by atoms with Crippen molar-refractivity contribution in [2.75, 3.05) is 32.7 Å². The van der Waals surface area contributed by atoms with Gasteiger partial charge in [-0.1, -0.05) is 12.1 Å². The topological polar surface area (TPSA) is 77.2 Å². The second-order valence-electron chi connectivity index (χ2n) is 6.10. The van der Waals surface area contributed by atoms with E-state index in [1.165, 1.54) is 5.56 Å². The van der Waals surface area contributed by atoms with Gasteiger partial charge in [-0.3, -0.25) is 4.90 Å². The van der Waals surface area contributed by atoms with Crippen molar-refractivity contribution in [2.45, 2.75) is 13.1 Å². The first kappa shape index (κ1) is 17.0. The van der Waals surface area contributed by atoms with E-state index >= 15 is 0 Å². The Labute approximate surface area is 147 Å². The summed E-state index contributed by atoms with van der Waals surface area (Å²) < 4.78 is 1.94. The molecule has 1 N–H and O–H groups in total. The smallest absolute Gasteiger partial charge is 0.317 e. The molecule has 0 atom stereocenters. The van der Waals surface area contributed by atoms with Crippen LogP contribution in [0.2, 0.25) is 0 Å². The van der Waals surface area contributed by atoms with Crippen LogP contribution in [-0.4, -0.2) is 58.1 Å². The maximum Gasteiger partial charge on any atom is 0.317 e. The van der Waals surface area contributed by atoms with Crippen LogP contribution in [0.15, 0.2) is 43.0 Å². The lowest BCUT2D eigenvalue weighted by atomic mass is 10.1. The fourth-order valence-electron chi connectivity index (χ4n) is 2.87. The van der Waals surface area contributed by atoms with E-state index in [9.17, 15) is 4.79 Å². The molecule has 3 rings (SSSR count). The Bertz CT molecular complexity index is 711. The summed E-state index contributed by atoms with van der Waals surface area (Å²) >= 11 is 0. The van der Waals surface area contributed by atoms with Gasteiger partial charge >= 0.3 is 6.03 Å². The zero-order valence-corrected chi connectivity index (χ0v) is 14.1. The van der Waals surface area contributed by atoms with Crippen molar-refractivity contribution < 1.29 is 4.79 Å². The largest absolute Gasteiger partial charge is 0.336 e. The first-order valence-corrected chi connectivity index (χ1v) is 8.44. The van der Waals surface area contributed by atoms with E-state index in [0.717, 1.165) is 39.3 Å². The fraction of sp³-hybridized carbons (Fsp3) is 0.389. The van der Waals surface area contributed by atoms with Crippen molar-refractivity contribution in [3.8, 4) is 6.07 Å².